The van der Waals surface area contributed by atoms with Crippen molar-refractivity contribution in [3.63, 3.8) is 0 Å². The third-order valence-corrected chi connectivity index (χ3v) is 8.17. The second kappa shape index (κ2) is 10.6. The van der Waals surface area contributed by atoms with Crippen LogP contribution in [0.15, 0.2) is 107 Å². The number of hydrogen-bond donors (Lipinski definition) is 3. The fraction of sp³-hybridized carbons (Fsp3) is 0. The van der Waals surface area contributed by atoms with E-state index in [0.29, 0.717) is 0 Å². The lowest BCUT2D eigenvalue weighted by molar-refractivity contribution is 0.102. The van der Waals surface area contributed by atoms with E-state index in [2.05, 4.69) is 14.8 Å². The smallest absolute Gasteiger partial charge is 0.261 e. The lowest BCUT2D eigenvalue weighted by atomic mass is 10.1. The molecule has 4 aromatic carbocycles. The maximum atomic E-state index is 13.2. The fourth-order valence-electron chi connectivity index (χ4n) is 3.25. The molecule has 0 spiro atoms. The van der Waals surface area contributed by atoms with Gasteiger partial charge in [-0.3, -0.25) is 14.2 Å². The van der Waals surface area contributed by atoms with Crippen LogP contribution in [0.25, 0.3) is 0 Å². The van der Waals surface area contributed by atoms with Gasteiger partial charge in [0.1, 0.15) is 5.82 Å². The van der Waals surface area contributed by atoms with E-state index >= 15 is 0 Å². The summed E-state index contributed by atoms with van der Waals surface area (Å²) < 4.78 is 68.7. The standard InChI is InChI=1S/C25H19ClFN3O5S2/c26-22-6-2-4-8-24(22)30-37(34,35)20-15-11-18(12-16-20)28-25(31)21-5-1-3-7-23(21)29-36(32,33)19-13-9-17(27)10-14-19/h1-16,29-30H,(H,28,31). The number of carbonyl (C=O) groups is 1. The zero-order chi connectivity index (χ0) is 26.6. The molecule has 0 radical (unpaired) electrons. The normalized spacial score (nSPS) is 11.5. The Morgan fingerprint density at radius 1 is 0.649 bits per heavy atom. The Hall–Kier alpha value is -3.93. The molecule has 4 aromatic rings. The van der Waals surface area contributed by atoms with Crippen LogP contribution < -0.4 is 14.8 Å². The molecule has 0 aliphatic rings. The summed E-state index contributed by atoms with van der Waals surface area (Å²) in [6.07, 6.45) is 0. The van der Waals surface area contributed by atoms with Gasteiger partial charge in [0.05, 0.1) is 31.8 Å². The molecule has 1 amide bonds. The van der Waals surface area contributed by atoms with E-state index in [1.54, 1.807) is 30.3 Å². The Balaban J connectivity index is 1.50. The third kappa shape index (κ3) is 6.26. The lowest BCUT2D eigenvalue weighted by Gasteiger charge is -2.13. The van der Waals surface area contributed by atoms with Gasteiger partial charge in [-0.1, -0.05) is 35.9 Å². The van der Waals surface area contributed by atoms with E-state index in [1.165, 1.54) is 42.5 Å². The zero-order valence-corrected chi connectivity index (χ0v) is 21.2. The highest BCUT2D eigenvalue weighted by atomic mass is 35.5. The quantitative estimate of drug-likeness (QED) is 0.269. The molecule has 3 N–H and O–H groups in total. The molecule has 0 fully saturated rings. The minimum absolute atomic E-state index is 0.00691. The minimum Gasteiger partial charge on any atom is -0.322 e. The minimum atomic E-state index is -4.09. The first-order valence-corrected chi connectivity index (χ1v) is 14.0. The monoisotopic (exact) mass is 559 g/mol. The highest BCUT2D eigenvalue weighted by Crippen LogP contribution is 2.25. The molecule has 0 aliphatic carbocycles. The van der Waals surface area contributed by atoms with Crippen LogP contribution in [0, 0.1) is 5.82 Å². The molecule has 8 nitrogen and oxygen atoms in total. The number of rotatable bonds is 8. The summed E-state index contributed by atoms with van der Waals surface area (Å²) in [6.45, 7) is 0. The average Bonchev–Trinajstić information content (AvgIpc) is 2.86. The first-order chi connectivity index (χ1) is 17.5. The summed E-state index contributed by atoms with van der Waals surface area (Å²) in [6, 6.07) is 22.0. The zero-order valence-electron chi connectivity index (χ0n) is 18.9. The van der Waals surface area contributed by atoms with Gasteiger partial charge in [-0.2, -0.15) is 0 Å². The molecule has 12 heteroatoms. The summed E-state index contributed by atoms with van der Waals surface area (Å²) in [5.41, 5.74) is 0.525. The van der Waals surface area contributed by atoms with Crippen molar-refractivity contribution in [1.29, 1.82) is 0 Å². The Labute approximate surface area is 218 Å². The van der Waals surface area contributed by atoms with Crippen molar-refractivity contribution in [1.82, 2.24) is 0 Å². The lowest BCUT2D eigenvalue weighted by Crippen LogP contribution is -2.18. The number of anilines is 3. The molecule has 0 aliphatic heterocycles. The van der Waals surface area contributed by atoms with Crippen molar-refractivity contribution in [2.75, 3.05) is 14.8 Å². The van der Waals surface area contributed by atoms with Gasteiger partial charge in [0.2, 0.25) is 0 Å². The molecule has 0 atom stereocenters. The van der Waals surface area contributed by atoms with E-state index in [4.69, 9.17) is 11.6 Å². The topological polar surface area (TPSA) is 121 Å². The van der Waals surface area contributed by atoms with Crippen molar-refractivity contribution in [2.24, 2.45) is 0 Å². The molecule has 190 valence electrons. The molecule has 0 aromatic heterocycles. The molecule has 0 unspecified atom stereocenters. The molecule has 37 heavy (non-hydrogen) atoms. The third-order valence-electron chi connectivity index (χ3n) is 5.08. The van der Waals surface area contributed by atoms with Gasteiger partial charge in [0.25, 0.3) is 26.0 Å². The van der Waals surface area contributed by atoms with Gasteiger partial charge in [-0.05, 0) is 72.8 Å². The maximum absolute atomic E-state index is 13.2. The van der Waals surface area contributed by atoms with E-state index in [1.807, 2.05) is 0 Å². The summed E-state index contributed by atoms with van der Waals surface area (Å²) in [5.74, 6) is -1.22. The van der Waals surface area contributed by atoms with Crippen molar-refractivity contribution < 1.29 is 26.0 Å². The summed E-state index contributed by atoms with van der Waals surface area (Å²) in [5, 5.41) is 2.85. The second-order valence-corrected chi connectivity index (χ2v) is 11.4. The van der Waals surface area contributed by atoms with Crippen LogP contribution in [0.5, 0.6) is 0 Å². The molecule has 0 heterocycles. The second-order valence-electron chi connectivity index (χ2n) is 7.67. The fourth-order valence-corrected chi connectivity index (χ4v) is 5.65. The Bertz CT molecular complexity index is 1660. The van der Waals surface area contributed by atoms with Crippen LogP contribution in [-0.4, -0.2) is 22.7 Å². The predicted octanol–water partition coefficient (Wildman–Crippen LogP) is 5.33. The molecule has 4 rings (SSSR count). The van der Waals surface area contributed by atoms with Crippen molar-refractivity contribution in [3.05, 3.63) is 113 Å². The Morgan fingerprint density at radius 3 is 1.73 bits per heavy atom. The largest absolute Gasteiger partial charge is 0.322 e. The Morgan fingerprint density at radius 2 is 1.14 bits per heavy atom. The maximum Gasteiger partial charge on any atom is 0.261 e. The van der Waals surface area contributed by atoms with Crippen molar-refractivity contribution in [3.8, 4) is 0 Å². The van der Waals surface area contributed by atoms with Gasteiger partial charge >= 0.3 is 0 Å². The predicted molar refractivity (Wildman–Crippen MR) is 140 cm³/mol. The van der Waals surface area contributed by atoms with Gasteiger partial charge in [0, 0.05) is 5.69 Å². The molecular formula is C25H19ClFN3O5S2. The first-order valence-electron chi connectivity index (χ1n) is 10.6. The molecule has 0 bridgehead atoms. The Kier molecular flexibility index (Phi) is 7.48. The van der Waals surface area contributed by atoms with Crippen LogP contribution in [0.4, 0.5) is 21.5 Å². The van der Waals surface area contributed by atoms with Crippen molar-refractivity contribution in [2.45, 2.75) is 9.79 Å². The van der Waals surface area contributed by atoms with Crippen LogP contribution >= 0.6 is 11.6 Å². The van der Waals surface area contributed by atoms with Crippen molar-refractivity contribution >= 4 is 54.6 Å². The number of halogens is 2. The van der Waals surface area contributed by atoms with Gasteiger partial charge in [0.15, 0.2) is 0 Å². The van der Waals surface area contributed by atoms with E-state index in [-0.39, 0.29) is 37.4 Å². The van der Waals surface area contributed by atoms with Crippen LogP contribution in [0.3, 0.4) is 0 Å². The van der Waals surface area contributed by atoms with E-state index < -0.39 is 31.8 Å². The van der Waals surface area contributed by atoms with Gasteiger partial charge in [-0.15, -0.1) is 0 Å². The molecule has 0 saturated carbocycles. The number of carbonyl (C=O) groups excluding carboxylic acids is 1. The number of hydrogen-bond acceptors (Lipinski definition) is 5. The number of nitrogens with one attached hydrogen (secondary N) is 3. The average molecular weight is 560 g/mol. The van der Waals surface area contributed by atoms with Gasteiger partial charge < -0.3 is 5.32 Å². The highest BCUT2D eigenvalue weighted by Gasteiger charge is 2.20. The number of sulfonamides is 2. The summed E-state index contributed by atoms with van der Waals surface area (Å²) in [7, 11) is -8.03. The first kappa shape index (κ1) is 26.1. The SMILES string of the molecule is O=C(Nc1ccc(S(=O)(=O)Nc2ccccc2Cl)cc1)c1ccccc1NS(=O)(=O)c1ccc(F)cc1. The molecular weight excluding hydrogens is 541 g/mol. The number of benzene rings is 4. The van der Waals surface area contributed by atoms with Crippen LogP contribution in [0.2, 0.25) is 5.02 Å². The van der Waals surface area contributed by atoms with E-state index in [0.717, 1.165) is 24.3 Å². The number of amides is 1. The van der Waals surface area contributed by atoms with Crippen LogP contribution in [-0.2, 0) is 20.0 Å². The van der Waals surface area contributed by atoms with Gasteiger partial charge in [-0.25, -0.2) is 21.2 Å². The van der Waals surface area contributed by atoms with Crippen LogP contribution in [0.1, 0.15) is 10.4 Å². The number of para-hydroxylation sites is 2. The molecule has 0 saturated heterocycles. The summed E-state index contributed by atoms with van der Waals surface area (Å²) in [4.78, 5) is 12.7. The highest BCUT2D eigenvalue weighted by molar-refractivity contribution is 7.93. The summed E-state index contributed by atoms with van der Waals surface area (Å²) >= 11 is 6.02. The van der Waals surface area contributed by atoms with E-state index in [9.17, 15) is 26.0 Å².